The maximum atomic E-state index is 12.7. The molecule has 1 heterocycles. The molecule has 9 heteroatoms. The van der Waals surface area contributed by atoms with Gasteiger partial charge in [0.1, 0.15) is 12.3 Å². The average molecular weight is 416 g/mol. The molecule has 0 aliphatic carbocycles. The van der Waals surface area contributed by atoms with Gasteiger partial charge in [-0.3, -0.25) is 9.59 Å². The molecule has 0 radical (unpaired) electrons. The molecule has 1 aromatic heterocycles. The van der Waals surface area contributed by atoms with Gasteiger partial charge in [-0.1, -0.05) is 11.3 Å². The Morgan fingerprint density at radius 3 is 2.21 bits per heavy atom. The lowest BCUT2D eigenvalue weighted by atomic mass is 10.2. The highest BCUT2D eigenvalue weighted by atomic mass is 32.1. The lowest BCUT2D eigenvalue weighted by Crippen LogP contribution is -2.22. The topological polar surface area (TPSA) is 88.4 Å². The molecule has 0 aliphatic rings. The van der Waals surface area contributed by atoms with Gasteiger partial charge in [-0.05, 0) is 24.3 Å². The van der Waals surface area contributed by atoms with E-state index in [-0.39, 0.29) is 6.54 Å². The number of carbonyl (C=O) groups excluding carboxylic acids is 2. The Morgan fingerprint density at radius 1 is 0.966 bits per heavy atom. The Morgan fingerprint density at radius 2 is 1.62 bits per heavy atom. The zero-order valence-corrected chi connectivity index (χ0v) is 17.2. The SMILES string of the molecule is COC(=O)Cn1c(=NC(=O)c2ccc(OC)cc2)sc2cc(OC)c(OC)cc21. The predicted molar refractivity (Wildman–Crippen MR) is 108 cm³/mol. The molecular formula is C20H20N2O6S. The van der Waals surface area contributed by atoms with Gasteiger partial charge in [-0.15, -0.1) is 0 Å². The first-order valence-electron chi connectivity index (χ1n) is 8.56. The summed E-state index contributed by atoms with van der Waals surface area (Å²) >= 11 is 1.26. The Hall–Kier alpha value is -3.33. The van der Waals surface area contributed by atoms with Crippen LogP contribution in [0, 0.1) is 0 Å². The Kier molecular flexibility index (Phi) is 6.18. The minimum Gasteiger partial charge on any atom is -0.497 e. The largest absolute Gasteiger partial charge is 0.497 e. The number of nitrogens with zero attached hydrogens (tertiary/aromatic N) is 2. The van der Waals surface area contributed by atoms with E-state index in [1.165, 1.54) is 32.7 Å². The molecule has 0 spiro atoms. The Labute approximate surface area is 170 Å². The molecule has 0 saturated heterocycles. The average Bonchev–Trinajstić information content (AvgIpc) is 3.08. The van der Waals surface area contributed by atoms with Crippen LogP contribution in [-0.4, -0.2) is 44.9 Å². The molecule has 3 rings (SSSR count). The number of ether oxygens (including phenoxy) is 4. The number of thiazole rings is 1. The molecule has 0 saturated carbocycles. The van der Waals surface area contributed by atoms with E-state index in [9.17, 15) is 9.59 Å². The molecule has 0 atom stereocenters. The highest BCUT2D eigenvalue weighted by molar-refractivity contribution is 7.16. The molecule has 29 heavy (non-hydrogen) atoms. The normalized spacial score (nSPS) is 11.4. The number of fused-ring (bicyclic) bond motifs is 1. The highest BCUT2D eigenvalue weighted by Gasteiger charge is 2.16. The second-order valence-electron chi connectivity index (χ2n) is 5.87. The van der Waals surface area contributed by atoms with Crippen LogP contribution >= 0.6 is 11.3 Å². The van der Waals surface area contributed by atoms with Crippen LogP contribution in [0.1, 0.15) is 10.4 Å². The molecule has 152 valence electrons. The first kappa shape index (κ1) is 20.4. The van der Waals surface area contributed by atoms with Gasteiger partial charge in [0, 0.05) is 17.7 Å². The van der Waals surface area contributed by atoms with Crippen LogP contribution in [0.25, 0.3) is 10.2 Å². The molecule has 0 bridgehead atoms. The van der Waals surface area contributed by atoms with E-state index in [4.69, 9.17) is 18.9 Å². The molecule has 0 unspecified atom stereocenters. The van der Waals surface area contributed by atoms with Crippen LogP contribution in [0.4, 0.5) is 0 Å². The molecular weight excluding hydrogens is 396 g/mol. The predicted octanol–water partition coefficient (Wildman–Crippen LogP) is 2.64. The van der Waals surface area contributed by atoms with Crippen molar-refractivity contribution in [3.05, 3.63) is 46.8 Å². The smallest absolute Gasteiger partial charge is 0.325 e. The summed E-state index contributed by atoms with van der Waals surface area (Å²) < 4.78 is 23.0. The number of hydrogen-bond acceptors (Lipinski definition) is 7. The van der Waals surface area contributed by atoms with Gasteiger partial charge in [-0.25, -0.2) is 0 Å². The fraction of sp³-hybridized carbons (Fsp3) is 0.250. The maximum absolute atomic E-state index is 12.7. The molecule has 0 N–H and O–H groups in total. The minimum atomic E-state index is -0.460. The summed E-state index contributed by atoms with van der Waals surface area (Å²) in [6.07, 6.45) is 0. The van der Waals surface area contributed by atoms with Gasteiger partial charge in [0.25, 0.3) is 5.91 Å². The van der Waals surface area contributed by atoms with Crippen LogP contribution in [-0.2, 0) is 16.1 Å². The summed E-state index contributed by atoms with van der Waals surface area (Å²) in [5.74, 6) is 0.793. The van der Waals surface area contributed by atoms with E-state index in [2.05, 4.69) is 4.99 Å². The molecule has 0 aliphatic heterocycles. The van der Waals surface area contributed by atoms with Crippen LogP contribution < -0.4 is 19.0 Å². The van der Waals surface area contributed by atoms with Gasteiger partial charge in [0.2, 0.25) is 0 Å². The molecule has 3 aromatic rings. The van der Waals surface area contributed by atoms with Crippen LogP contribution in [0.5, 0.6) is 17.2 Å². The summed E-state index contributed by atoms with van der Waals surface area (Å²) in [6.45, 7) is -0.0965. The molecule has 1 amide bonds. The van der Waals surface area contributed by atoms with Crippen molar-refractivity contribution in [2.45, 2.75) is 6.54 Å². The van der Waals surface area contributed by atoms with Crippen molar-refractivity contribution in [1.29, 1.82) is 0 Å². The first-order valence-corrected chi connectivity index (χ1v) is 9.37. The number of methoxy groups -OCH3 is 4. The van der Waals surface area contributed by atoms with Crippen molar-refractivity contribution in [1.82, 2.24) is 4.57 Å². The number of benzene rings is 2. The lowest BCUT2D eigenvalue weighted by molar-refractivity contribution is -0.141. The summed E-state index contributed by atoms with van der Waals surface area (Å²) in [5.41, 5.74) is 1.09. The van der Waals surface area contributed by atoms with Gasteiger partial charge in [0.15, 0.2) is 16.3 Å². The molecule has 0 fully saturated rings. The zero-order chi connectivity index (χ0) is 21.0. The third-order valence-corrected chi connectivity index (χ3v) is 5.28. The Balaban J connectivity index is 2.15. The maximum Gasteiger partial charge on any atom is 0.325 e. The summed E-state index contributed by atoms with van der Waals surface area (Å²) in [5, 5.41) is 0. The van der Waals surface area contributed by atoms with Crippen molar-refractivity contribution in [3.63, 3.8) is 0 Å². The third-order valence-electron chi connectivity index (χ3n) is 4.24. The molecule has 2 aromatic carbocycles. The lowest BCUT2D eigenvalue weighted by Gasteiger charge is -2.09. The fourth-order valence-corrected chi connectivity index (χ4v) is 3.75. The standard InChI is InChI=1S/C20H20N2O6S/c1-25-13-7-5-12(6-8-13)19(24)21-20-22(11-18(23)28-4)14-9-15(26-2)16(27-3)10-17(14)29-20/h5-10H,11H2,1-4H3. The highest BCUT2D eigenvalue weighted by Crippen LogP contribution is 2.33. The number of hydrogen-bond donors (Lipinski definition) is 0. The third kappa shape index (κ3) is 4.24. The van der Waals surface area contributed by atoms with Crippen LogP contribution in [0.15, 0.2) is 41.4 Å². The second kappa shape index (κ2) is 8.78. The summed E-state index contributed by atoms with van der Waals surface area (Å²) in [7, 11) is 5.93. The number of esters is 1. The van der Waals surface area contributed by atoms with Crippen molar-refractivity contribution in [2.24, 2.45) is 4.99 Å². The van der Waals surface area contributed by atoms with E-state index < -0.39 is 11.9 Å². The number of aromatic nitrogens is 1. The fourth-order valence-electron chi connectivity index (χ4n) is 2.71. The zero-order valence-electron chi connectivity index (χ0n) is 16.4. The summed E-state index contributed by atoms with van der Waals surface area (Å²) in [6, 6.07) is 10.2. The number of carbonyl (C=O) groups is 2. The van der Waals surface area contributed by atoms with E-state index in [0.717, 1.165) is 4.70 Å². The van der Waals surface area contributed by atoms with Gasteiger partial charge in [0.05, 0.1) is 38.7 Å². The first-order chi connectivity index (χ1) is 14.0. The van der Waals surface area contributed by atoms with Crippen LogP contribution in [0.3, 0.4) is 0 Å². The van der Waals surface area contributed by atoms with Gasteiger partial charge >= 0.3 is 5.97 Å². The molecule has 8 nitrogen and oxygen atoms in total. The van der Waals surface area contributed by atoms with Gasteiger partial charge < -0.3 is 23.5 Å². The second-order valence-corrected chi connectivity index (χ2v) is 6.88. The van der Waals surface area contributed by atoms with E-state index in [1.807, 2.05) is 0 Å². The monoisotopic (exact) mass is 416 g/mol. The van der Waals surface area contributed by atoms with Crippen LogP contribution in [0.2, 0.25) is 0 Å². The Bertz CT molecular complexity index is 1110. The number of rotatable bonds is 6. The van der Waals surface area contributed by atoms with E-state index >= 15 is 0 Å². The quantitative estimate of drug-likeness (QED) is 0.574. The summed E-state index contributed by atoms with van der Waals surface area (Å²) in [4.78, 5) is 29.2. The van der Waals surface area contributed by atoms with Crippen molar-refractivity contribution in [2.75, 3.05) is 28.4 Å². The van der Waals surface area contributed by atoms with Gasteiger partial charge in [-0.2, -0.15) is 4.99 Å². The van der Waals surface area contributed by atoms with Crippen molar-refractivity contribution >= 4 is 33.4 Å². The minimum absolute atomic E-state index is 0.0965. The van der Waals surface area contributed by atoms with E-state index in [0.29, 0.717) is 33.1 Å². The van der Waals surface area contributed by atoms with Crippen molar-refractivity contribution < 1.29 is 28.5 Å². The van der Waals surface area contributed by atoms with E-state index in [1.54, 1.807) is 48.1 Å². The van der Waals surface area contributed by atoms with Crippen molar-refractivity contribution in [3.8, 4) is 17.2 Å². The number of amides is 1.